The van der Waals surface area contributed by atoms with Gasteiger partial charge in [-0.3, -0.25) is 0 Å². The van der Waals surface area contributed by atoms with Gasteiger partial charge in [0.2, 0.25) is 5.89 Å². The van der Waals surface area contributed by atoms with Gasteiger partial charge in [0.15, 0.2) is 0 Å². The zero-order valence-corrected chi connectivity index (χ0v) is 15.7. The molecule has 0 saturated carbocycles. The molecule has 140 valence electrons. The van der Waals surface area contributed by atoms with Crippen LogP contribution in [0.5, 0.6) is 5.75 Å². The number of aryl methyl sites for hydroxylation is 2. The number of amides is 2. The van der Waals surface area contributed by atoms with Gasteiger partial charge in [0.05, 0.1) is 13.2 Å². The van der Waals surface area contributed by atoms with Crippen LogP contribution in [0.3, 0.4) is 0 Å². The first kappa shape index (κ1) is 18.5. The van der Waals surface area contributed by atoms with Gasteiger partial charge in [-0.2, -0.15) is 0 Å². The maximum atomic E-state index is 12.1. The molecule has 0 aliphatic heterocycles. The average molecular weight is 365 g/mol. The molecule has 1 aromatic heterocycles. The number of oxazole rings is 1. The fourth-order valence-corrected chi connectivity index (χ4v) is 2.66. The van der Waals surface area contributed by atoms with Crippen LogP contribution in [-0.2, 0) is 6.54 Å². The summed E-state index contributed by atoms with van der Waals surface area (Å²) in [4.78, 5) is 16.7. The number of carbonyl (C=O) groups is 1. The van der Waals surface area contributed by atoms with Crippen LogP contribution in [0.15, 0.2) is 52.9 Å². The lowest BCUT2D eigenvalue weighted by atomic mass is 10.1. The number of nitrogens with one attached hydrogen (secondary N) is 2. The van der Waals surface area contributed by atoms with Crippen LogP contribution in [0, 0.1) is 13.8 Å². The molecule has 0 bridgehead atoms. The Morgan fingerprint density at radius 2 is 1.85 bits per heavy atom. The van der Waals surface area contributed by atoms with Crippen LogP contribution in [-0.4, -0.2) is 17.6 Å². The van der Waals surface area contributed by atoms with Crippen LogP contribution in [0.4, 0.5) is 10.5 Å². The molecule has 0 fully saturated rings. The maximum Gasteiger partial charge on any atom is 0.319 e. The molecule has 2 amide bonds. The van der Waals surface area contributed by atoms with E-state index >= 15 is 0 Å². The molecule has 27 heavy (non-hydrogen) atoms. The molecule has 3 aromatic rings. The average Bonchev–Trinajstić information content (AvgIpc) is 3.03. The maximum absolute atomic E-state index is 12.1. The molecule has 6 nitrogen and oxygen atoms in total. The molecule has 0 spiro atoms. The number of nitrogens with zero attached hydrogens (tertiary/aromatic N) is 1. The summed E-state index contributed by atoms with van der Waals surface area (Å²) in [5, 5.41) is 5.59. The van der Waals surface area contributed by atoms with Crippen molar-refractivity contribution in [3.63, 3.8) is 0 Å². The second-order valence-electron chi connectivity index (χ2n) is 6.10. The molecule has 0 radical (unpaired) electrons. The highest BCUT2D eigenvalue weighted by Crippen LogP contribution is 2.24. The van der Waals surface area contributed by atoms with E-state index < -0.39 is 0 Å². The van der Waals surface area contributed by atoms with Crippen LogP contribution in [0.25, 0.3) is 11.5 Å². The minimum absolute atomic E-state index is 0.282. The summed E-state index contributed by atoms with van der Waals surface area (Å²) in [6, 6.07) is 14.8. The second kappa shape index (κ2) is 8.40. The van der Waals surface area contributed by atoms with Crippen LogP contribution in [0.2, 0.25) is 0 Å². The van der Waals surface area contributed by atoms with Gasteiger partial charge >= 0.3 is 6.03 Å². The normalized spacial score (nSPS) is 10.5. The number of anilines is 1. The van der Waals surface area contributed by atoms with E-state index in [1.54, 1.807) is 12.1 Å². The van der Waals surface area contributed by atoms with E-state index in [9.17, 15) is 4.79 Å². The number of urea groups is 1. The van der Waals surface area contributed by atoms with Gasteiger partial charge in [-0.05, 0) is 56.7 Å². The van der Waals surface area contributed by atoms with Gasteiger partial charge in [-0.15, -0.1) is 0 Å². The van der Waals surface area contributed by atoms with Crippen LogP contribution < -0.4 is 15.4 Å². The molecule has 0 aliphatic carbocycles. The Labute approximate surface area is 158 Å². The van der Waals surface area contributed by atoms with Crippen molar-refractivity contribution in [2.75, 3.05) is 11.9 Å². The zero-order valence-electron chi connectivity index (χ0n) is 15.7. The number of aromatic nitrogens is 1. The summed E-state index contributed by atoms with van der Waals surface area (Å²) in [5.41, 5.74) is 3.43. The quantitative estimate of drug-likeness (QED) is 0.665. The Balaban J connectivity index is 1.60. The summed E-state index contributed by atoms with van der Waals surface area (Å²) in [7, 11) is 0. The summed E-state index contributed by atoms with van der Waals surface area (Å²) >= 11 is 0. The van der Waals surface area contributed by atoms with Crippen LogP contribution >= 0.6 is 0 Å². The standard InChI is InChI=1S/C21H23N3O3/c1-4-26-17-11-9-16(10-12-17)23-21(25)22-13-19-15(3)27-20(24-19)18-8-6-5-7-14(18)2/h5-12H,4,13H2,1-3H3,(H2,22,23,25). The topological polar surface area (TPSA) is 76.4 Å². The Hall–Kier alpha value is -3.28. The van der Waals surface area contributed by atoms with E-state index in [-0.39, 0.29) is 12.6 Å². The third kappa shape index (κ3) is 4.67. The minimum Gasteiger partial charge on any atom is -0.494 e. The minimum atomic E-state index is -0.306. The molecule has 0 aliphatic rings. The van der Waals surface area contributed by atoms with Crippen molar-refractivity contribution in [2.45, 2.75) is 27.3 Å². The third-order valence-corrected chi connectivity index (χ3v) is 4.11. The number of ether oxygens (including phenoxy) is 1. The molecule has 0 atom stereocenters. The zero-order chi connectivity index (χ0) is 19.2. The van der Waals surface area contributed by atoms with Crippen molar-refractivity contribution in [1.82, 2.24) is 10.3 Å². The summed E-state index contributed by atoms with van der Waals surface area (Å²) in [5.74, 6) is 2.02. The van der Waals surface area contributed by atoms with Gasteiger partial charge in [-0.1, -0.05) is 18.2 Å². The summed E-state index contributed by atoms with van der Waals surface area (Å²) in [6.07, 6.45) is 0. The first-order valence-electron chi connectivity index (χ1n) is 8.87. The highest BCUT2D eigenvalue weighted by Gasteiger charge is 2.13. The number of hydrogen-bond donors (Lipinski definition) is 2. The lowest BCUT2D eigenvalue weighted by Gasteiger charge is -2.08. The number of rotatable bonds is 6. The van der Waals surface area contributed by atoms with Crippen LogP contribution in [0.1, 0.15) is 23.9 Å². The second-order valence-corrected chi connectivity index (χ2v) is 6.10. The van der Waals surface area contributed by atoms with Gasteiger partial charge in [0.1, 0.15) is 17.2 Å². The third-order valence-electron chi connectivity index (χ3n) is 4.11. The monoisotopic (exact) mass is 365 g/mol. The fraction of sp³-hybridized carbons (Fsp3) is 0.238. The van der Waals surface area contributed by atoms with Crippen molar-refractivity contribution in [1.29, 1.82) is 0 Å². The predicted octanol–water partition coefficient (Wildman–Crippen LogP) is 4.68. The largest absolute Gasteiger partial charge is 0.494 e. The molecular weight excluding hydrogens is 342 g/mol. The van der Waals surface area contributed by atoms with Gasteiger partial charge in [0.25, 0.3) is 0 Å². The summed E-state index contributed by atoms with van der Waals surface area (Å²) in [6.45, 7) is 6.67. The van der Waals surface area contributed by atoms with Crippen molar-refractivity contribution in [2.24, 2.45) is 0 Å². The predicted molar refractivity (Wildman–Crippen MR) is 105 cm³/mol. The molecule has 2 N–H and O–H groups in total. The molecule has 0 unspecified atom stereocenters. The van der Waals surface area contributed by atoms with E-state index in [1.807, 2.05) is 57.2 Å². The molecular formula is C21H23N3O3. The first-order valence-corrected chi connectivity index (χ1v) is 8.87. The molecule has 1 heterocycles. The first-order chi connectivity index (χ1) is 13.1. The summed E-state index contributed by atoms with van der Waals surface area (Å²) < 4.78 is 11.2. The lowest BCUT2D eigenvalue weighted by Crippen LogP contribution is -2.28. The van der Waals surface area contributed by atoms with Crippen molar-refractivity contribution < 1.29 is 13.9 Å². The highest BCUT2D eigenvalue weighted by molar-refractivity contribution is 5.89. The Morgan fingerprint density at radius 3 is 2.56 bits per heavy atom. The molecule has 0 saturated heterocycles. The molecule has 2 aromatic carbocycles. The Bertz CT molecular complexity index is 917. The fourth-order valence-electron chi connectivity index (χ4n) is 2.66. The van der Waals surface area contributed by atoms with E-state index in [4.69, 9.17) is 9.15 Å². The van der Waals surface area contributed by atoms with E-state index in [0.29, 0.717) is 29.6 Å². The Morgan fingerprint density at radius 1 is 1.11 bits per heavy atom. The van der Waals surface area contributed by atoms with Crippen molar-refractivity contribution in [3.8, 4) is 17.2 Å². The van der Waals surface area contributed by atoms with Crippen molar-refractivity contribution >= 4 is 11.7 Å². The van der Waals surface area contributed by atoms with Gasteiger partial charge in [-0.25, -0.2) is 9.78 Å². The molecule has 6 heteroatoms. The smallest absolute Gasteiger partial charge is 0.319 e. The number of benzene rings is 2. The number of hydrogen-bond acceptors (Lipinski definition) is 4. The van der Waals surface area contributed by atoms with Gasteiger partial charge < -0.3 is 19.8 Å². The van der Waals surface area contributed by atoms with Gasteiger partial charge in [0, 0.05) is 11.3 Å². The van der Waals surface area contributed by atoms with Crippen molar-refractivity contribution in [3.05, 3.63) is 65.5 Å². The lowest BCUT2D eigenvalue weighted by molar-refractivity contribution is 0.251. The van der Waals surface area contributed by atoms with E-state index in [0.717, 1.165) is 16.9 Å². The number of carbonyl (C=O) groups excluding carboxylic acids is 1. The van der Waals surface area contributed by atoms with E-state index in [2.05, 4.69) is 15.6 Å². The molecule has 3 rings (SSSR count). The Kier molecular flexibility index (Phi) is 5.76. The highest BCUT2D eigenvalue weighted by atomic mass is 16.5. The van der Waals surface area contributed by atoms with E-state index in [1.165, 1.54) is 0 Å². The SMILES string of the molecule is CCOc1ccc(NC(=O)NCc2nc(-c3ccccc3C)oc2C)cc1.